The molecule has 3 N–H and O–H groups in total. The normalized spacial score (nSPS) is 11.4. The first kappa shape index (κ1) is 83.6. The molecule has 0 aromatic carbocycles. The van der Waals surface area contributed by atoms with Crippen molar-refractivity contribution in [1.29, 1.82) is 0 Å². The molecule has 0 rings (SSSR count). The summed E-state index contributed by atoms with van der Waals surface area (Å²) in [6, 6.07) is 0. The number of ether oxygens (including phenoxy) is 1. The van der Waals surface area contributed by atoms with Crippen LogP contribution in [0.25, 0.3) is 0 Å². The fraction of sp³-hybridized carbons (Fsp3) is 0.919. The Bertz CT molecular complexity index is 1050. The van der Waals surface area contributed by atoms with Gasteiger partial charge < -0.3 is 29.1 Å². The smallest absolute Gasteiger partial charge is 0.303 e. The number of nitrogens with one attached hydrogen (secondary N) is 1. The molecule has 0 saturated carbocycles. The van der Waals surface area contributed by atoms with Gasteiger partial charge in [-0.25, -0.2) is 0 Å². The lowest BCUT2D eigenvalue weighted by atomic mass is 9.94. The van der Waals surface area contributed by atoms with Gasteiger partial charge in [0.05, 0.1) is 25.6 Å². The first-order valence-electron chi connectivity index (χ1n) is 30.5. The second-order valence-corrected chi connectivity index (χ2v) is 22.0. The average Bonchev–Trinajstić information content (AvgIpc) is 3.35. The Kier molecular flexibility index (Phi) is 80.9. The number of hydrogen-bond donors (Lipinski definition) is 3. The summed E-state index contributed by atoms with van der Waals surface area (Å²) in [5.41, 5.74) is 0.0859. The number of carbonyl (C=O) groups is 2. The van der Waals surface area contributed by atoms with E-state index < -0.39 is 19.0 Å². The monoisotopic (exact) mass is 1040 g/mol. The molecule has 434 valence electrons. The zero-order chi connectivity index (χ0) is 55.9. The van der Waals surface area contributed by atoms with E-state index in [0.717, 1.165) is 31.4 Å². The molecule has 0 bridgehead atoms. The summed E-state index contributed by atoms with van der Waals surface area (Å²) in [7, 11) is -3.13. The molecule has 0 heterocycles. The predicted molar refractivity (Wildman–Crippen MR) is 322 cm³/mol. The van der Waals surface area contributed by atoms with Gasteiger partial charge >= 0.3 is 5.97 Å². The molecule has 71 heavy (non-hydrogen) atoms. The fourth-order valence-corrected chi connectivity index (χ4v) is 7.42. The highest BCUT2D eigenvalue weighted by Gasteiger charge is 2.21. The average molecular weight is 1040 g/mol. The summed E-state index contributed by atoms with van der Waals surface area (Å²) in [6.45, 7) is 40.3. The van der Waals surface area contributed by atoms with Crippen molar-refractivity contribution in [3.8, 4) is 0 Å². The molecular formula is C62H134NO7P. The van der Waals surface area contributed by atoms with Crippen LogP contribution in [0.2, 0.25) is 0 Å². The maximum absolute atomic E-state index is 11.8. The van der Waals surface area contributed by atoms with Gasteiger partial charge in [-0.3, -0.25) is 9.59 Å². The molecule has 9 heteroatoms. The number of amides is 1. The van der Waals surface area contributed by atoms with E-state index in [1.54, 1.807) is 0 Å². The van der Waals surface area contributed by atoms with E-state index in [9.17, 15) is 14.5 Å². The lowest BCUT2D eigenvalue weighted by molar-refractivity contribution is -0.137. The highest BCUT2D eigenvalue weighted by Crippen LogP contribution is 2.42. The topological polar surface area (TPSA) is 114 Å². The van der Waals surface area contributed by atoms with Crippen LogP contribution in [-0.4, -0.2) is 54.5 Å². The quantitative estimate of drug-likeness (QED) is 0.0317. The van der Waals surface area contributed by atoms with Crippen LogP contribution in [0.1, 0.15) is 336 Å². The molecule has 0 aliphatic rings. The third-order valence-corrected chi connectivity index (χ3v) is 12.5. The lowest BCUT2D eigenvalue weighted by Crippen LogP contribution is -2.36. The molecular weight excluding hydrogens is 902 g/mol. The van der Waals surface area contributed by atoms with Crippen molar-refractivity contribution >= 4 is 25.7 Å². The highest BCUT2D eigenvalue weighted by molar-refractivity contribution is 7.58. The van der Waals surface area contributed by atoms with E-state index in [-0.39, 0.29) is 12.5 Å². The first-order valence-corrected chi connectivity index (χ1v) is 32.2. The van der Waals surface area contributed by atoms with Gasteiger partial charge in [0.25, 0.3) is 0 Å². The maximum atomic E-state index is 11.8. The van der Waals surface area contributed by atoms with Gasteiger partial charge in [-0.2, -0.15) is 0 Å². The Morgan fingerprint density at radius 2 is 0.746 bits per heavy atom. The van der Waals surface area contributed by atoms with Crippen LogP contribution < -0.4 is 5.32 Å². The van der Waals surface area contributed by atoms with Crippen molar-refractivity contribution in [2.45, 2.75) is 336 Å². The largest absolute Gasteiger partial charge is 0.498 e. The summed E-state index contributed by atoms with van der Waals surface area (Å²) >= 11 is 0. The van der Waals surface area contributed by atoms with Crippen LogP contribution in [0.4, 0.5) is 0 Å². The van der Waals surface area contributed by atoms with Gasteiger partial charge in [-0.05, 0) is 24.6 Å². The highest BCUT2D eigenvalue weighted by atomic mass is 31.2. The second kappa shape index (κ2) is 68.7. The minimum Gasteiger partial charge on any atom is -0.498 e. The molecule has 0 aromatic heterocycles. The van der Waals surface area contributed by atoms with E-state index in [0.29, 0.717) is 38.0 Å². The van der Waals surface area contributed by atoms with Crippen LogP contribution in [0.15, 0.2) is 12.3 Å². The summed E-state index contributed by atoms with van der Waals surface area (Å²) in [6.07, 6.45) is 47.0. The predicted octanol–water partition coefficient (Wildman–Crippen LogP) is 21.4. The number of allylic oxidation sites excluding steroid dienone is 1. The summed E-state index contributed by atoms with van der Waals surface area (Å²) in [5.74, 6) is 0.101. The van der Waals surface area contributed by atoms with E-state index in [1.165, 1.54) is 180 Å². The molecule has 1 amide bonds. The zero-order valence-electron chi connectivity index (χ0n) is 51.7. The Hall–Kier alpha value is -1.34. The Morgan fingerprint density at radius 3 is 1.03 bits per heavy atom. The zero-order valence-corrected chi connectivity index (χ0v) is 52.6. The molecule has 1 atom stereocenters. The molecule has 8 nitrogen and oxygen atoms in total. The third-order valence-electron chi connectivity index (χ3n) is 11.4. The molecule has 0 aliphatic heterocycles. The van der Waals surface area contributed by atoms with Gasteiger partial charge in [0.15, 0.2) is 0 Å². The Labute approximate surface area is 448 Å². The maximum Gasteiger partial charge on any atom is 0.303 e. The molecule has 0 fully saturated rings. The number of unbranched alkanes of at least 4 members (excludes halogenated alkanes) is 28. The third kappa shape index (κ3) is 88.7. The molecule has 0 saturated heterocycles. The van der Waals surface area contributed by atoms with E-state index >= 15 is 0 Å². The summed E-state index contributed by atoms with van der Waals surface area (Å²) < 4.78 is 16.4. The summed E-state index contributed by atoms with van der Waals surface area (Å²) in [5, 5.41) is 11.3. The van der Waals surface area contributed by atoms with Crippen molar-refractivity contribution in [1.82, 2.24) is 5.32 Å². The van der Waals surface area contributed by atoms with Gasteiger partial charge in [-0.1, -0.05) is 310 Å². The minimum atomic E-state index is -3.13. The minimum absolute atomic E-state index is 0.0651. The number of carboxylic acids is 1. The van der Waals surface area contributed by atoms with Crippen molar-refractivity contribution in [3.63, 3.8) is 0 Å². The number of hydrogen-bond acceptors (Lipinski definition) is 6. The molecule has 0 aromatic rings. The van der Waals surface area contributed by atoms with Gasteiger partial charge in [-0.15, -0.1) is 0 Å². The van der Waals surface area contributed by atoms with Gasteiger partial charge in [0.1, 0.15) is 0 Å². The molecule has 0 radical (unpaired) electrons. The fourth-order valence-electron chi connectivity index (χ4n) is 6.55. The van der Waals surface area contributed by atoms with Crippen LogP contribution in [0, 0.1) is 10.8 Å². The number of carboxylic acid groups (broad SMARTS) is 1. The number of carbonyl (C=O) groups excluding carboxylic acids is 1. The van der Waals surface area contributed by atoms with Crippen molar-refractivity contribution < 1.29 is 33.4 Å². The number of rotatable bonds is 42. The van der Waals surface area contributed by atoms with Crippen LogP contribution in [0.5, 0.6) is 0 Å². The van der Waals surface area contributed by atoms with Crippen molar-refractivity contribution in [2.75, 3.05) is 26.4 Å². The van der Waals surface area contributed by atoms with E-state index in [4.69, 9.17) is 18.9 Å². The van der Waals surface area contributed by atoms with Crippen molar-refractivity contribution in [2.24, 2.45) is 10.8 Å². The second-order valence-electron chi connectivity index (χ2n) is 20.3. The van der Waals surface area contributed by atoms with Crippen LogP contribution in [0.3, 0.4) is 0 Å². The van der Waals surface area contributed by atoms with Crippen LogP contribution in [-0.2, 0) is 23.4 Å². The Morgan fingerprint density at radius 1 is 0.465 bits per heavy atom. The Balaban J connectivity index is -0.000000200. The van der Waals surface area contributed by atoms with E-state index in [1.807, 2.05) is 76.2 Å². The van der Waals surface area contributed by atoms with Crippen LogP contribution >= 0.6 is 7.57 Å². The molecule has 0 aliphatic carbocycles. The van der Waals surface area contributed by atoms with Gasteiger partial charge in [0, 0.05) is 31.2 Å². The molecule has 0 spiro atoms. The van der Waals surface area contributed by atoms with Gasteiger partial charge in [0.2, 0.25) is 13.5 Å². The summed E-state index contributed by atoms with van der Waals surface area (Å²) in [4.78, 5) is 32.3. The lowest BCUT2D eigenvalue weighted by Gasteiger charge is -2.20. The van der Waals surface area contributed by atoms with Crippen molar-refractivity contribution in [3.05, 3.63) is 12.3 Å². The molecule has 1 unspecified atom stereocenters. The number of aliphatic carboxylic acids is 1. The van der Waals surface area contributed by atoms with E-state index in [2.05, 4.69) is 59.7 Å². The SMILES string of the molecule is C=C(CCCCCCCCCCCCCCCCC)OCCCOP(=C)(O)OCCNC(=O)C(C)(C)C.CC.CC.CC.CC.CCC(C)(C)C.CCCCCCCCCCCCCCCCCC(=O)O. The standard InChI is InChI=1S/C30H60NO5P.C18H36O2.C6H14.4C2H6/c1-7-8-9-10-11-12-13-14-15-16-17-18-19-20-21-23-28(2)34-25-22-26-35-37(6,33)36-27-24-31-29(32)30(3,4)5;1-2-3-4-5-6-7-8-9-10-11-12-13-14-15-16-17-18(19)20;1-5-6(2,3)4;4*1-2/h33H,2,6-27H2,1,3-5H3,(H,31,32);2-17H2,1H3,(H,19,20);5H2,1-4H3;4*1-2H3. The first-order chi connectivity index (χ1) is 33.9.